The topological polar surface area (TPSA) is 87.8 Å². The van der Waals surface area contributed by atoms with Gasteiger partial charge in [0.1, 0.15) is 11.4 Å². The van der Waals surface area contributed by atoms with Crippen molar-refractivity contribution in [1.82, 2.24) is 14.9 Å². The van der Waals surface area contributed by atoms with Gasteiger partial charge in [0.15, 0.2) is 0 Å². The Hall–Kier alpha value is -3.23. The number of nitrogens with zero attached hydrogens (tertiary/aromatic N) is 3. The number of aromatic amines is 1. The second-order valence-electron chi connectivity index (χ2n) is 10.9. The highest BCUT2D eigenvalue weighted by atomic mass is 16.5. The van der Waals surface area contributed by atoms with Crippen molar-refractivity contribution in [1.29, 1.82) is 0 Å². The van der Waals surface area contributed by atoms with E-state index in [1.807, 2.05) is 13.8 Å². The zero-order valence-electron chi connectivity index (χ0n) is 22.3. The highest BCUT2D eigenvalue weighted by Crippen LogP contribution is 2.31. The van der Waals surface area contributed by atoms with Gasteiger partial charge in [0.25, 0.3) is 11.5 Å². The maximum Gasteiger partial charge on any atom is 0.261 e. The first-order valence-electron chi connectivity index (χ1n) is 13.9. The molecule has 6 rings (SSSR count). The van der Waals surface area contributed by atoms with Crippen LogP contribution in [0.2, 0.25) is 0 Å². The Morgan fingerprint density at radius 2 is 1.87 bits per heavy atom. The zero-order valence-corrected chi connectivity index (χ0v) is 22.3. The molecule has 0 saturated carbocycles. The van der Waals surface area contributed by atoms with Crippen molar-refractivity contribution in [3.63, 3.8) is 0 Å². The van der Waals surface area contributed by atoms with Crippen LogP contribution in [0, 0.1) is 13.8 Å². The van der Waals surface area contributed by atoms with Crippen LogP contribution < -0.4 is 10.5 Å². The molecule has 2 aliphatic heterocycles. The molecular formula is C30H36N4O4. The second kappa shape index (κ2) is 10.5. The fraction of sp³-hybridized carbons (Fsp3) is 0.500. The average molecular weight is 517 g/mol. The fourth-order valence-corrected chi connectivity index (χ4v) is 5.96. The minimum absolute atomic E-state index is 0.0342. The third-order valence-corrected chi connectivity index (χ3v) is 8.22. The summed E-state index contributed by atoms with van der Waals surface area (Å²) >= 11 is 0. The summed E-state index contributed by atoms with van der Waals surface area (Å²) in [4.78, 5) is 38.8. The number of pyridine rings is 2. The number of hydrogen-bond donors (Lipinski definition) is 1. The zero-order chi connectivity index (χ0) is 26.2. The summed E-state index contributed by atoms with van der Waals surface area (Å²) in [5.74, 6) is 0.629. The fourth-order valence-electron chi connectivity index (χ4n) is 5.96. The number of aromatic nitrogens is 2. The molecule has 2 saturated heterocycles. The lowest BCUT2D eigenvalue weighted by atomic mass is 10.0. The molecule has 0 radical (unpaired) electrons. The van der Waals surface area contributed by atoms with E-state index in [1.54, 1.807) is 11.0 Å². The molecule has 3 aromatic rings. The lowest BCUT2D eigenvalue weighted by Crippen LogP contribution is -2.41. The lowest BCUT2D eigenvalue weighted by Gasteiger charge is -2.32. The number of hydrogen-bond acceptors (Lipinski definition) is 6. The van der Waals surface area contributed by atoms with Crippen LogP contribution in [-0.4, -0.2) is 66.3 Å². The minimum Gasteiger partial charge on any atom is -0.378 e. The Balaban J connectivity index is 1.42. The van der Waals surface area contributed by atoms with Crippen LogP contribution in [0.3, 0.4) is 0 Å². The number of ether oxygens (including phenoxy) is 2. The molecule has 38 heavy (non-hydrogen) atoms. The number of carbonyl (C=O) groups excluding carboxylic acids is 1. The van der Waals surface area contributed by atoms with Crippen LogP contribution in [0.1, 0.15) is 57.6 Å². The Labute approximate surface area is 223 Å². The number of carbonyl (C=O) groups is 1. The van der Waals surface area contributed by atoms with Gasteiger partial charge in [0, 0.05) is 49.4 Å². The van der Waals surface area contributed by atoms with Gasteiger partial charge >= 0.3 is 0 Å². The van der Waals surface area contributed by atoms with Crippen LogP contribution in [0.4, 0.5) is 5.82 Å². The van der Waals surface area contributed by atoms with Crippen LogP contribution in [0.5, 0.6) is 0 Å². The SMILES string of the molecule is Cc1cc(C(=O)N(Cc2cc3cc4c(cc3nc2N2CCOCC2)CCC4)CC2CCCO2)c(=O)[nH]c1C. The van der Waals surface area contributed by atoms with Crippen LogP contribution in [-0.2, 0) is 28.9 Å². The first kappa shape index (κ1) is 25.1. The molecule has 4 heterocycles. The second-order valence-corrected chi connectivity index (χ2v) is 10.9. The number of nitrogens with one attached hydrogen (secondary N) is 1. The van der Waals surface area contributed by atoms with Gasteiger partial charge in [-0.2, -0.15) is 0 Å². The molecule has 0 spiro atoms. The molecular weight excluding hydrogens is 480 g/mol. The molecule has 0 bridgehead atoms. The van der Waals surface area contributed by atoms with Crippen molar-refractivity contribution in [2.24, 2.45) is 0 Å². The predicted octanol–water partition coefficient (Wildman–Crippen LogP) is 3.69. The number of fused-ring (bicyclic) bond motifs is 2. The Bertz CT molecular complexity index is 1420. The van der Waals surface area contributed by atoms with Crippen molar-refractivity contribution in [3.05, 3.63) is 68.1 Å². The Kier molecular flexibility index (Phi) is 6.93. The van der Waals surface area contributed by atoms with Gasteiger partial charge < -0.3 is 24.3 Å². The molecule has 1 amide bonds. The van der Waals surface area contributed by atoms with E-state index in [2.05, 4.69) is 28.1 Å². The lowest BCUT2D eigenvalue weighted by molar-refractivity contribution is 0.0505. The number of aryl methyl sites for hydroxylation is 4. The maximum atomic E-state index is 13.9. The van der Waals surface area contributed by atoms with Crippen LogP contribution in [0.15, 0.2) is 29.1 Å². The van der Waals surface area contributed by atoms with E-state index in [-0.39, 0.29) is 23.1 Å². The maximum absolute atomic E-state index is 13.9. The summed E-state index contributed by atoms with van der Waals surface area (Å²) < 4.78 is 11.5. The molecule has 8 heteroatoms. The van der Waals surface area contributed by atoms with Gasteiger partial charge in [0.2, 0.25) is 0 Å². The third kappa shape index (κ3) is 4.95. The standard InChI is InChI=1S/C30H36N4O4/c1-19-13-26(29(35)31-20(19)2)30(36)34(18-25-7-4-10-38-25)17-24-15-23-14-21-5-3-6-22(21)16-27(23)32-28(24)33-8-11-37-12-9-33/h13-16,25H,3-12,17-18H2,1-2H3,(H,31,35). The smallest absolute Gasteiger partial charge is 0.261 e. The van der Waals surface area contributed by atoms with E-state index in [4.69, 9.17) is 14.5 Å². The van der Waals surface area contributed by atoms with Gasteiger partial charge in [-0.3, -0.25) is 9.59 Å². The van der Waals surface area contributed by atoms with E-state index in [1.165, 1.54) is 17.5 Å². The van der Waals surface area contributed by atoms with Gasteiger partial charge in [-0.05, 0) is 86.9 Å². The predicted molar refractivity (Wildman–Crippen MR) is 147 cm³/mol. The highest BCUT2D eigenvalue weighted by molar-refractivity contribution is 5.94. The summed E-state index contributed by atoms with van der Waals surface area (Å²) in [5.41, 5.74) is 6.27. The van der Waals surface area contributed by atoms with Gasteiger partial charge in [-0.25, -0.2) is 4.98 Å². The van der Waals surface area contributed by atoms with E-state index < -0.39 is 0 Å². The Morgan fingerprint density at radius 1 is 1.08 bits per heavy atom. The molecule has 200 valence electrons. The third-order valence-electron chi connectivity index (χ3n) is 8.22. The van der Waals surface area contributed by atoms with E-state index in [0.29, 0.717) is 32.9 Å². The molecule has 1 atom stereocenters. The molecule has 2 aromatic heterocycles. The summed E-state index contributed by atoms with van der Waals surface area (Å²) in [5, 5.41) is 1.10. The van der Waals surface area contributed by atoms with Gasteiger partial charge in [-0.15, -0.1) is 0 Å². The quantitative estimate of drug-likeness (QED) is 0.538. The Morgan fingerprint density at radius 3 is 2.63 bits per heavy atom. The summed E-state index contributed by atoms with van der Waals surface area (Å²) in [6, 6.07) is 8.43. The summed E-state index contributed by atoms with van der Waals surface area (Å²) in [7, 11) is 0. The van der Waals surface area contributed by atoms with Gasteiger partial charge in [-0.1, -0.05) is 0 Å². The molecule has 3 aliphatic rings. The number of H-pyrrole nitrogens is 1. The largest absolute Gasteiger partial charge is 0.378 e. The van der Waals surface area contributed by atoms with E-state index in [0.717, 1.165) is 72.3 Å². The van der Waals surface area contributed by atoms with Crippen molar-refractivity contribution < 1.29 is 14.3 Å². The summed E-state index contributed by atoms with van der Waals surface area (Å²) in [6.45, 7) is 8.09. The monoisotopic (exact) mass is 516 g/mol. The summed E-state index contributed by atoms with van der Waals surface area (Å²) in [6.07, 6.45) is 5.25. The number of anilines is 1. The van der Waals surface area contributed by atoms with Crippen LogP contribution >= 0.6 is 0 Å². The van der Waals surface area contributed by atoms with Gasteiger partial charge in [0.05, 0.1) is 24.8 Å². The van der Waals surface area contributed by atoms with E-state index >= 15 is 0 Å². The first-order valence-corrected chi connectivity index (χ1v) is 13.9. The minimum atomic E-state index is -0.351. The molecule has 8 nitrogen and oxygen atoms in total. The van der Waals surface area contributed by atoms with Crippen molar-refractivity contribution in [3.8, 4) is 0 Å². The van der Waals surface area contributed by atoms with E-state index in [9.17, 15) is 9.59 Å². The van der Waals surface area contributed by atoms with Crippen LogP contribution in [0.25, 0.3) is 10.9 Å². The average Bonchev–Trinajstić information content (AvgIpc) is 3.60. The molecule has 1 N–H and O–H groups in total. The number of benzene rings is 1. The normalized spacial score (nSPS) is 19.2. The first-order chi connectivity index (χ1) is 18.5. The number of amides is 1. The molecule has 1 unspecified atom stereocenters. The highest BCUT2D eigenvalue weighted by Gasteiger charge is 2.28. The van der Waals surface area contributed by atoms with Crippen molar-refractivity contribution in [2.75, 3.05) is 44.4 Å². The van der Waals surface area contributed by atoms with Crippen molar-refractivity contribution in [2.45, 2.75) is 58.6 Å². The molecule has 2 fully saturated rings. The van der Waals surface area contributed by atoms with Crippen molar-refractivity contribution >= 4 is 22.6 Å². The molecule has 1 aromatic carbocycles. The number of rotatable bonds is 6. The molecule has 1 aliphatic carbocycles. The number of morpholine rings is 1.